The number of hydrogen-bond acceptors (Lipinski definition) is 8. The highest BCUT2D eigenvalue weighted by atomic mass is 32.2. The van der Waals surface area contributed by atoms with Crippen molar-refractivity contribution in [2.24, 2.45) is 0 Å². The number of ether oxygens (including phenoxy) is 2. The molecule has 4 atom stereocenters. The van der Waals surface area contributed by atoms with E-state index in [9.17, 15) is 36.0 Å². The van der Waals surface area contributed by atoms with Gasteiger partial charge in [0.15, 0.2) is 5.78 Å². The molecule has 0 aliphatic carbocycles. The fourth-order valence-electron chi connectivity index (χ4n) is 5.61. The van der Waals surface area contributed by atoms with Crippen molar-refractivity contribution >= 4 is 28.1 Å². The predicted octanol–water partition coefficient (Wildman–Crippen LogP) is 5.81. The van der Waals surface area contributed by atoms with Gasteiger partial charge in [0, 0.05) is 18.5 Å². The van der Waals surface area contributed by atoms with Crippen LogP contribution in [0.25, 0.3) is 0 Å². The molecule has 0 radical (unpaired) electrons. The Kier molecular flexibility index (Phi) is 9.66. The summed E-state index contributed by atoms with van der Waals surface area (Å²) in [4.78, 5) is 39.4. The number of rotatable bonds is 2. The normalized spacial score (nSPS) is 26.8. The Morgan fingerprint density at radius 1 is 0.805 bits per heavy atom. The van der Waals surface area contributed by atoms with Gasteiger partial charge in [-0.2, -0.15) is 21.6 Å². The number of alkyl halides is 3. The zero-order valence-electron chi connectivity index (χ0n) is 24.5. The zero-order valence-corrected chi connectivity index (χ0v) is 25.3. The van der Waals surface area contributed by atoms with E-state index in [4.69, 9.17) is 9.47 Å². The van der Waals surface area contributed by atoms with Gasteiger partial charge in [-0.05, 0) is 99.0 Å². The fraction of sp³-hybridized carbons (Fsp3) is 0.815. The molecule has 0 saturated carbocycles. The highest BCUT2D eigenvalue weighted by molar-refractivity contribution is 7.87. The third-order valence-electron chi connectivity index (χ3n) is 7.21. The Hall–Kier alpha value is -2.51. The standard InChI is InChI=1S/C14H20F3NO5S.C13H21NO3/c1-13(2,3)22-12(19)18-9-5-4-6-11(10(18)8-7-9)23-24(20,21)14(15,16)17;1-13(2,3)17-12(16)14-9-5-4-6-11(15)10(14)8-7-9/h6,9-10H,4-5,7-8H2,1-3H3;9-10H,4-8H2,1-3H3/t2*9-,10?/m00/s1. The van der Waals surface area contributed by atoms with Crippen molar-refractivity contribution in [2.75, 3.05) is 0 Å². The number of carbonyl (C=O) groups excluding carboxylic acids is 3. The van der Waals surface area contributed by atoms with Crippen molar-refractivity contribution < 1.29 is 49.6 Å². The SMILES string of the molecule is CC(C)(C)OC(=O)N1C2CC[C@@H]1CCC=C2OS(=O)(=O)C(F)(F)F.CC(C)(C)OC(=O)N1C2CC[C@@H]1CCCC2=O. The number of allylic oxidation sites excluding steroid dienone is 1. The molecule has 4 aliphatic heterocycles. The first-order chi connectivity index (χ1) is 18.7. The summed E-state index contributed by atoms with van der Waals surface area (Å²) in [6.07, 6.45) is 6.21. The molecule has 0 N–H and O–H groups in total. The van der Waals surface area contributed by atoms with Crippen molar-refractivity contribution in [1.82, 2.24) is 9.80 Å². The molecular formula is C27H41F3N2O8S. The van der Waals surface area contributed by atoms with Gasteiger partial charge < -0.3 is 13.7 Å². The topological polar surface area (TPSA) is 120 Å². The minimum Gasteiger partial charge on any atom is -0.444 e. The van der Waals surface area contributed by atoms with Crippen molar-refractivity contribution in [2.45, 2.75) is 140 Å². The summed E-state index contributed by atoms with van der Waals surface area (Å²) in [7, 11) is -5.77. The lowest BCUT2D eigenvalue weighted by molar-refractivity contribution is -0.123. The van der Waals surface area contributed by atoms with Gasteiger partial charge in [-0.3, -0.25) is 14.6 Å². The van der Waals surface area contributed by atoms with E-state index in [0.717, 1.165) is 25.7 Å². The maximum atomic E-state index is 12.6. The zero-order chi connectivity index (χ0) is 31.0. The van der Waals surface area contributed by atoms with E-state index in [2.05, 4.69) is 4.18 Å². The van der Waals surface area contributed by atoms with Crippen molar-refractivity contribution in [3.8, 4) is 0 Å². The second-order valence-corrected chi connectivity index (χ2v) is 14.3. The number of hydrogen-bond donors (Lipinski definition) is 0. The van der Waals surface area contributed by atoms with Gasteiger partial charge in [-0.25, -0.2) is 9.59 Å². The molecule has 41 heavy (non-hydrogen) atoms. The molecule has 4 heterocycles. The van der Waals surface area contributed by atoms with E-state index < -0.39 is 39.0 Å². The van der Waals surface area contributed by atoms with E-state index in [1.165, 1.54) is 11.0 Å². The van der Waals surface area contributed by atoms with Crippen LogP contribution in [0.1, 0.15) is 99.3 Å². The largest absolute Gasteiger partial charge is 0.534 e. The molecule has 3 fully saturated rings. The average molecular weight is 611 g/mol. The highest BCUT2D eigenvalue weighted by Crippen LogP contribution is 2.39. The van der Waals surface area contributed by atoms with Crippen LogP contribution < -0.4 is 0 Å². The second-order valence-electron chi connectivity index (χ2n) is 12.8. The quantitative estimate of drug-likeness (QED) is 0.284. The van der Waals surface area contributed by atoms with Crippen molar-refractivity contribution in [1.29, 1.82) is 0 Å². The van der Waals surface area contributed by atoms with Gasteiger partial charge in [0.25, 0.3) is 0 Å². The molecule has 4 bridgehead atoms. The number of fused-ring (bicyclic) bond motifs is 4. The Labute approximate surface area is 239 Å². The van der Waals surface area contributed by atoms with E-state index in [-0.39, 0.29) is 35.8 Å². The third kappa shape index (κ3) is 8.29. The molecule has 14 heteroatoms. The molecule has 2 amide bonds. The lowest BCUT2D eigenvalue weighted by Crippen LogP contribution is -2.45. The van der Waals surface area contributed by atoms with Crippen molar-refractivity contribution in [3.63, 3.8) is 0 Å². The Balaban J connectivity index is 0.000000239. The van der Waals surface area contributed by atoms with Crippen LogP contribution >= 0.6 is 0 Å². The van der Waals surface area contributed by atoms with E-state index in [1.807, 2.05) is 20.8 Å². The monoisotopic (exact) mass is 610 g/mol. The van der Waals surface area contributed by atoms with E-state index in [1.54, 1.807) is 25.7 Å². The molecule has 0 aromatic rings. The van der Waals surface area contributed by atoms with Crippen LogP contribution in [0.3, 0.4) is 0 Å². The van der Waals surface area contributed by atoms with Crippen LogP contribution in [0.4, 0.5) is 22.8 Å². The molecule has 4 rings (SSSR count). The molecule has 10 nitrogen and oxygen atoms in total. The maximum absolute atomic E-state index is 12.6. The van der Waals surface area contributed by atoms with Crippen LogP contribution in [0.2, 0.25) is 0 Å². The molecule has 234 valence electrons. The summed E-state index contributed by atoms with van der Waals surface area (Å²) < 4.78 is 75.3. The molecule has 2 unspecified atom stereocenters. The molecule has 4 aliphatic rings. The predicted molar refractivity (Wildman–Crippen MR) is 142 cm³/mol. The van der Waals surface area contributed by atoms with Gasteiger partial charge in [0.1, 0.15) is 17.0 Å². The molecule has 0 spiro atoms. The van der Waals surface area contributed by atoms with Crippen LogP contribution in [-0.2, 0) is 28.6 Å². The van der Waals surface area contributed by atoms with E-state index >= 15 is 0 Å². The van der Waals surface area contributed by atoms with Gasteiger partial charge in [0.2, 0.25) is 0 Å². The van der Waals surface area contributed by atoms with Gasteiger partial charge >= 0.3 is 27.8 Å². The number of amides is 2. The van der Waals surface area contributed by atoms with Crippen molar-refractivity contribution in [3.05, 3.63) is 11.8 Å². The number of ketones is 1. The first kappa shape index (κ1) is 33.0. The van der Waals surface area contributed by atoms with Crippen LogP contribution in [0, 0.1) is 0 Å². The van der Waals surface area contributed by atoms with Crippen LogP contribution in [0.5, 0.6) is 0 Å². The molecule has 0 aromatic heterocycles. The van der Waals surface area contributed by atoms with Gasteiger partial charge in [0.05, 0.1) is 12.1 Å². The smallest absolute Gasteiger partial charge is 0.444 e. The highest BCUT2D eigenvalue weighted by Gasteiger charge is 2.51. The summed E-state index contributed by atoms with van der Waals surface area (Å²) in [5.74, 6) is -0.158. The summed E-state index contributed by atoms with van der Waals surface area (Å²) in [5, 5.41) is 0. The lowest BCUT2D eigenvalue weighted by atomic mass is 10.0. The molecule has 0 aromatic carbocycles. The maximum Gasteiger partial charge on any atom is 0.534 e. The first-order valence-corrected chi connectivity index (χ1v) is 15.4. The lowest BCUT2D eigenvalue weighted by Gasteiger charge is -2.31. The number of Topliss-reactive ketones (excluding diaryl/α,β-unsaturated/α-hetero) is 1. The van der Waals surface area contributed by atoms with Gasteiger partial charge in [-0.1, -0.05) is 0 Å². The summed E-state index contributed by atoms with van der Waals surface area (Å²) >= 11 is 0. The van der Waals surface area contributed by atoms with E-state index in [0.29, 0.717) is 32.1 Å². The second kappa shape index (κ2) is 12.0. The summed E-state index contributed by atoms with van der Waals surface area (Å²) in [6.45, 7) is 10.6. The summed E-state index contributed by atoms with van der Waals surface area (Å²) in [5.41, 5.74) is -6.79. The van der Waals surface area contributed by atoms with Crippen LogP contribution in [-0.4, -0.2) is 77.1 Å². The summed E-state index contributed by atoms with van der Waals surface area (Å²) in [6, 6.07) is -1.10. The minimum absolute atomic E-state index is 0.204. The Bertz CT molecular complexity index is 1140. The van der Waals surface area contributed by atoms with Gasteiger partial charge in [-0.15, -0.1) is 0 Å². The fourth-order valence-corrected chi connectivity index (χ4v) is 6.13. The number of nitrogens with zero attached hydrogens (tertiary/aromatic N) is 2. The Morgan fingerprint density at radius 2 is 1.29 bits per heavy atom. The third-order valence-corrected chi connectivity index (χ3v) is 8.19. The molecule has 3 saturated heterocycles. The molecular weight excluding hydrogens is 569 g/mol. The Morgan fingerprint density at radius 3 is 1.80 bits per heavy atom. The minimum atomic E-state index is -5.77. The van der Waals surface area contributed by atoms with Crippen LogP contribution in [0.15, 0.2) is 11.8 Å². The first-order valence-electron chi connectivity index (χ1n) is 14.0. The average Bonchev–Trinajstić information content (AvgIpc) is 3.30. The number of halogens is 3. The number of carbonyl (C=O) groups is 3.